The molecule has 4 rings (SSSR count). The Kier molecular flexibility index (Phi) is 3.94. The van der Waals surface area contributed by atoms with Crippen molar-refractivity contribution in [2.45, 2.75) is 13.1 Å². The van der Waals surface area contributed by atoms with E-state index in [9.17, 15) is 0 Å². The highest BCUT2D eigenvalue weighted by atomic mass is 15.0. The topological polar surface area (TPSA) is 42.7 Å². The van der Waals surface area contributed by atoms with Crippen molar-refractivity contribution in [1.29, 1.82) is 0 Å². The van der Waals surface area contributed by atoms with Gasteiger partial charge in [-0.25, -0.2) is 0 Å². The Morgan fingerprint density at radius 3 is 2.50 bits per heavy atom. The quantitative estimate of drug-likeness (QED) is 0.603. The van der Waals surface area contributed by atoms with E-state index in [1.54, 1.807) is 12.4 Å². The molecule has 0 unspecified atom stereocenters. The fourth-order valence-electron chi connectivity index (χ4n) is 2.95. The zero-order valence-corrected chi connectivity index (χ0v) is 13.3. The first-order valence-electron chi connectivity index (χ1n) is 8.00. The van der Waals surface area contributed by atoms with Crippen LogP contribution >= 0.6 is 0 Å². The van der Waals surface area contributed by atoms with Crippen LogP contribution in [-0.2, 0) is 13.1 Å². The van der Waals surface area contributed by atoms with Gasteiger partial charge in [0.15, 0.2) is 0 Å². The fourth-order valence-corrected chi connectivity index (χ4v) is 2.95. The molecule has 24 heavy (non-hydrogen) atoms. The number of hydrogen-bond acceptors (Lipinski definition) is 3. The van der Waals surface area contributed by atoms with E-state index in [2.05, 4.69) is 56.4 Å². The van der Waals surface area contributed by atoms with Crippen LogP contribution in [0.15, 0.2) is 79.5 Å². The summed E-state index contributed by atoms with van der Waals surface area (Å²) in [5.41, 5.74) is 4.74. The van der Waals surface area contributed by atoms with Gasteiger partial charge in [0.1, 0.15) is 0 Å². The first-order valence-corrected chi connectivity index (χ1v) is 8.00. The molecule has 0 aliphatic rings. The van der Waals surface area contributed by atoms with E-state index in [1.807, 2.05) is 30.6 Å². The highest BCUT2D eigenvalue weighted by Crippen LogP contribution is 2.23. The molecule has 4 nitrogen and oxygen atoms in total. The summed E-state index contributed by atoms with van der Waals surface area (Å²) < 4.78 is 2.28. The monoisotopic (exact) mass is 314 g/mol. The van der Waals surface area contributed by atoms with Gasteiger partial charge in [0.2, 0.25) is 0 Å². The minimum absolute atomic E-state index is 0.770. The van der Waals surface area contributed by atoms with Crippen molar-refractivity contribution in [2.24, 2.45) is 0 Å². The number of hydrogen-bond donors (Lipinski definition) is 1. The summed E-state index contributed by atoms with van der Waals surface area (Å²) in [6.07, 6.45) is 9.57. The Balaban J connectivity index is 1.64. The molecule has 1 N–H and O–H groups in total. The Hall–Kier alpha value is -3.14. The van der Waals surface area contributed by atoms with Crippen molar-refractivity contribution >= 4 is 16.6 Å². The number of nitrogens with one attached hydrogen (secondary N) is 1. The lowest BCUT2D eigenvalue weighted by molar-refractivity contribution is 0.826. The van der Waals surface area contributed by atoms with Crippen LogP contribution in [0.5, 0.6) is 0 Å². The Bertz CT molecular complexity index is 930. The molecule has 4 heteroatoms. The van der Waals surface area contributed by atoms with Gasteiger partial charge in [-0.2, -0.15) is 0 Å². The molecule has 0 amide bonds. The van der Waals surface area contributed by atoms with Gasteiger partial charge in [-0.3, -0.25) is 9.97 Å². The first kappa shape index (κ1) is 14.5. The summed E-state index contributed by atoms with van der Waals surface area (Å²) in [5, 5.41) is 4.72. The van der Waals surface area contributed by atoms with E-state index in [0.29, 0.717) is 0 Å². The molecule has 0 spiro atoms. The maximum atomic E-state index is 4.21. The second kappa shape index (κ2) is 6.54. The van der Waals surface area contributed by atoms with Crippen LogP contribution in [0, 0.1) is 0 Å². The molecule has 4 aromatic rings. The zero-order valence-electron chi connectivity index (χ0n) is 13.3. The third kappa shape index (κ3) is 2.99. The van der Waals surface area contributed by atoms with Gasteiger partial charge in [-0.1, -0.05) is 24.3 Å². The number of aromatic nitrogens is 3. The Labute approximate surface area is 140 Å². The minimum atomic E-state index is 0.770. The number of fused-ring (bicyclic) bond motifs is 1. The average Bonchev–Trinajstić information content (AvgIpc) is 3.00. The van der Waals surface area contributed by atoms with E-state index in [-0.39, 0.29) is 0 Å². The van der Waals surface area contributed by atoms with Gasteiger partial charge in [-0.05, 0) is 35.4 Å². The van der Waals surface area contributed by atoms with Gasteiger partial charge in [0.25, 0.3) is 0 Å². The standard InChI is InChI=1S/C20H18N4/c1-2-8-20-19(7-1)17(12-23-18-6-4-10-22-13-18)15-24(20)14-16-5-3-9-21-11-16/h1-11,13,15,23H,12,14H2. The lowest BCUT2D eigenvalue weighted by Gasteiger charge is -2.05. The number of anilines is 1. The van der Waals surface area contributed by atoms with Gasteiger partial charge in [0.05, 0.1) is 5.69 Å². The van der Waals surface area contributed by atoms with E-state index in [0.717, 1.165) is 18.8 Å². The first-order chi connectivity index (χ1) is 11.9. The molecule has 3 aromatic heterocycles. The van der Waals surface area contributed by atoms with Crippen LogP contribution in [-0.4, -0.2) is 14.5 Å². The second-order valence-electron chi connectivity index (χ2n) is 5.76. The number of pyridine rings is 2. The largest absolute Gasteiger partial charge is 0.380 e. The van der Waals surface area contributed by atoms with Gasteiger partial charge < -0.3 is 9.88 Å². The Morgan fingerprint density at radius 2 is 1.71 bits per heavy atom. The maximum absolute atomic E-state index is 4.21. The molecular formula is C20H18N4. The summed E-state index contributed by atoms with van der Waals surface area (Å²) in [4.78, 5) is 8.36. The number of nitrogens with zero attached hydrogens (tertiary/aromatic N) is 3. The number of benzene rings is 1. The molecular weight excluding hydrogens is 296 g/mol. The normalized spacial score (nSPS) is 10.8. The summed E-state index contributed by atoms with van der Waals surface area (Å²) >= 11 is 0. The van der Waals surface area contributed by atoms with E-state index in [4.69, 9.17) is 0 Å². The smallest absolute Gasteiger partial charge is 0.0529 e. The summed E-state index contributed by atoms with van der Waals surface area (Å²) in [7, 11) is 0. The van der Waals surface area contributed by atoms with Crippen LogP contribution in [0.25, 0.3) is 10.9 Å². The second-order valence-corrected chi connectivity index (χ2v) is 5.76. The van der Waals surface area contributed by atoms with Crippen molar-refractivity contribution in [2.75, 3.05) is 5.32 Å². The molecule has 0 saturated heterocycles. The summed E-state index contributed by atoms with van der Waals surface area (Å²) in [6, 6.07) is 16.6. The fraction of sp³-hybridized carbons (Fsp3) is 0.100. The third-order valence-corrected chi connectivity index (χ3v) is 4.09. The Morgan fingerprint density at radius 1 is 0.875 bits per heavy atom. The molecule has 0 atom stereocenters. The van der Waals surface area contributed by atoms with Gasteiger partial charge >= 0.3 is 0 Å². The predicted octanol–water partition coefficient (Wildman–Crippen LogP) is 4.09. The van der Waals surface area contributed by atoms with E-state index in [1.165, 1.54) is 22.0 Å². The highest BCUT2D eigenvalue weighted by Gasteiger charge is 2.08. The SMILES string of the molecule is c1cncc(Cn2cc(CNc3cccnc3)c3ccccc32)c1. The molecule has 0 fully saturated rings. The van der Waals surface area contributed by atoms with E-state index >= 15 is 0 Å². The van der Waals surface area contributed by atoms with Crippen LogP contribution in [0.3, 0.4) is 0 Å². The van der Waals surface area contributed by atoms with Crippen molar-refractivity contribution in [1.82, 2.24) is 14.5 Å². The molecule has 0 bridgehead atoms. The zero-order chi connectivity index (χ0) is 16.2. The van der Waals surface area contributed by atoms with Gasteiger partial charge in [-0.15, -0.1) is 0 Å². The molecule has 118 valence electrons. The van der Waals surface area contributed by atoms with Crippen molar-refractivity contribution in [3.63, 3.8) is 0 Å². The molecule has 0 radical (unpaired) electrons. The predicted molar refractivity (Wildman–Crippen MR) is 96.8 cm³/mol. The molecule has 0 aliphatic carbocycles. The summed E-state index contributed by atoms with van der Waals surface area (Å²) in [6.45, 7) is 1.59. The van der Waals surface area contributed by atoms with Crippen molar-refractivity contribution in [3.05, 3.63) is 90.6 Å². The molecule has 0 aliphatic heterocycles. The number of rotatable bonds is 5. The van der Waals surface area contributed by atoms with Crippen molar-refractivity contribution in [3.8, 4) is 0 Å². The third-order valence-electron chi connectivity index (χ3n) is 4.09. The highest BCUT2D eigenvalue weighted by molar-refractivity contribution is 5.84. The summed E-state index contributed by atoms with van der Waals surface area (Å²) in [5.74, 6) is 0. The maximum Gasteiger partial charge on any atom is 0.0529 e. The van der Waals surface area contributed by atoms with Crippen LogP contribution in [0.2, 0.25) is 0 Å². The van der Waals surface area contributed by atoms with Crippen LogP contribution in [0.1, 0.15) is 11.1 Å². The minimum Gasteiger partial charge on any atom is -0.380 e. The van der Waals surface area contributed by atoms with Crippen LogP contribution in [0.4, 0.5) is 5.69 Å². The lowest BCUT2D eigenvalue weighted by Crippen LogP contribution is -2.00. The lowest BCUT2D eigenvalue weighted by atomic mass is 10.2. The molecule has 1 aromatic carbocycles. The average molecular weight is 314 g/mol. The van der Waals surface area contributed by atoms with Crippen molar-refractivity contribution < 1.29 is 0 Å². The van der Waals surface area contributed by atoms with Crippen LogP contribution < -0.4 is 5.32 Å². The van der Waals surface area contributed by atoms with Gasteiger partial charge in [0, 0.05) is 55.0 Å². The molecule has 3 heterocycles. The number of para-hydroxylation sites is 1. The molecule has 0 saturated carbocycles. The van der Waals surface area contributed by atoms with E-state index < -0.39 is 0 Å².